The molecule has 3 rings (SSSR count). The fourth-order valence-corrected chi connectivity index (χ4v) is 2.90. The van der Waals surface area contributed by atoms with Crippen molar-refractivity contribution in [1.82, 2.24) is 14.8 Å². The number of nitrogens with zero attached hydrogens (tertiary/aromatic N) is 3. The maximum absolute atomic E-state index is 5.67. The minimum atomic E-state index is 0.391. The number of hydrogen-bond donors (Lipinski definition) is 1. The number of benzene rings is 1. The number of fused-ring (bicyclic) bond motifs is 1. The molecular formula is C14H18N4. The molecule has 0 radical (unpaired) electrons. The van der Waals surface area contributed by atoms with Crippen molar-refractivity contribution in [1.29, 1.82) is 0 Å². The summed E-state index contributed by atoms with van der Waals surface area (Å²) in [6.45, 7) is 5.34. The third-order valence-corrected chi connectivity index (χ3v) is 3.91. The van der Waals surface area contributed by atoms with Gasteiger partial charge in [-0.2, -0.15) is 4.98 Å². The van der Waals surface area contributed by atoms with Gasteiger partial charge < -0.3 is 5.73 Å². The van der Waals surface area contributed by atoms with E-state index in [-0.39, 0.29) is 0 Å². The molecule has 1 aliphatic heterocycles. The zero-order chi connectivity index (χ0) is 12.7. The van der Waals surface area contributed by atoms with E-state index in [1.165, 1.54) is 11.1 Å². The van der Waals surface area contributed by atoms with Gasteiger partial charge in [-0.1, -0.05) is 31.2 Å². The fraction of sp³-hybridized carbons (Fsp3) is 0.429. The van der Waals surface area contributed by atoms with Crippen molar-refractivity contribution in [2.75, 3.05) is 5.73 Å². The molecule has 2 aromatic rings. The Hall–Kier alpha value is -1.84. The largest absolute Gasteiger partial charge is 0.366 e. The van der Waals surface area contributed by atoms with Crippen LogP contribution in [0.15, 0.2) is 24.3 Å². The van der Waals surface area contributed by atoms with Gasteiger partial charge in [0.15, 0.2) is 0 Å². The van der Waals surface area contributed by atoms with Gasteiger partial charge in [-0.05, 0) is 24.0 Å². The number of rotatable bonds is 1. The molecule has 0 fully saturated rings. The van der Waals surface area contributed by atoms with Crippen LogP contribution in [0.4, 0.5) is 5.95 Å². The molecule has 1 aromatic carbocycles. The van der Waals surface area contributed by atoms with E-state index in [0.717, 1.165) is 18.8 Å². The fourth-order valence-electron chi connectivity index (χ4n) is 2.90. The third kappa shape index (κ3) is 1.78. The summed E-state index contributed by atoms with van der Waals surface area (Å²) in [6, 6.07) is 8.60. The lowest BCUT2D eigenvalue weighted by Crippen LogP contribution is -2.27. The Kier molecular flexibility index (Phi) is 2.58. The Morgan fingerprint density at radius 2 is 2.11 bits per heavy atom. The van der Waals surface area contributed by atoms with E-state index < -0.39 is 0 Å². The SMILES string of the molecule is Cc1ccccc1C1Cn2nc(N)nc2CC1C. The first-order chi connectivity index (χ1) is 8.65. The van der Waals surface area contributed by atoms with Crippen LogP contribution in [0, 0.1) is 12.8 Å². The molecular weight excluding hydrogens is 224 g/mol. The molecule has 1 aliphatic rings. The number of nitrogen functional groups attached to an aromatic ring is 1. The van der Waals surface area contributed by atoms with Crippen molar-refractivity contribution >= 4 is 5.95 Å². The van der Waals surface area contributed by atoms with Gasteiger partial charge in [0, 0.05) is 12.3 Å². The van der Waals surface area contributed by atoms with Crippen molar-refractivity contribution in [2.45, 2.75) is 32.7 Å². The molecule has 4 nitrogen and oxygen atoms in total. The molecule has 2 N–H and O–H groups in total. The highest BCUT2D eigenvalue weighted by molar-refractivity contribution is 5.30. The van der Waals surface area contributed by atoms with Crippen molar-refractivity contribution in [3.05, 3.63) is 41.2 Å². The van der Waals surface area contributed by atoms with Gasteiger partial charge >= 0.3 is 0 Å². The highest BCUT2D eigenvalue weighted by Gasteiger charge is 2.29. The van der Waals surface area contributed by atoms with Crippen LogP contribution in [0.3, 0.4) is 0 Å². The Bertz CT molecular complexity index is 573. The smallest absolute Gasteiger partial charge is 0.239 e. The van der Waals surface area contributed by atoms with Crippen molar-refractivity contribution in [3.63, 3.8) is 0 Å². The Balaban J connectivity index is 1.98. The number of aromatic nitrogens is 3. The first-order valence-corrected chi connectivity index (χ1v) is 6.40. The van der Waals surface area contributed by atoms with Crippen LogP contribution in [0.2, 0.25) is 0 Å². The van der Waals surface area contributed by atoms with E-state index in [1.807, 2.05) is 4.68 Å². The number of nitrogens with two attached hydrogens (primary N) is 1. The average molecular weight is 242 g/mol. The summed E-state index contributed by atoms with van der Waals surface area (Å²) < 4.78 is 1.96. The molecule has 0 spiro atoms. The Morgan fingerprint density at radius 1 is 1.33 bits per heavy atom. The van der Waals surface area contributed by atoms with Crippen LogP contribution in [0.5, 0.6) is 0 Å². The van der Waals surface area contributed by atoms with E-state index in [0.29, 0.717) is 17.8 Å². The van der Waals surface area contributed by atoms with Gasteiger partial charge in [0.05, 0.1) is 6.54 Å². The lowest BCUT2D eigenvalue weighted by atomic mass is 9.81. The van der Waals surface area contributed by atoms with Gasteiger partial charge in [0.2, 0.25) is 5.95 Å². The monoisotopic (exact) mass is 242 g/mol. The highest BCUT2D eigenvalue weighted by atomic mass is 15.4. The minimum Gasteiger partial charge on any atom is -0.366 e. The molecule has 2 heterocycles. The van der Waals surface area contributed by atoms with Crippen molar-refractivity contribution in [2.24, 2.45) is 5.92 Å². The molecule has 18 heavy (non-hydrogen) atoms. The van der Waals surface area contributed by atoms with E-state index in [4.69, 9.17) is 5.73 Å². The number of anilines is 1. The highest BCUT2D eigenvalue weighted by Crippen LogP contribution is 2.34. The van der Waals surface area contributed by atoms with Crippen molar-refractivity contribution < 1.29 is 0 Å². The van der Waals surface area contributed by atoms with E-state index in [1.54, 1.807) is 0 Å². The molecule has 2 atom stereocenters. The predicted molar refractivity (Wildman–Crippen MR) is 71.2 cm³/mol. The van der Waals surface area contributed by atoms with Crippen LogP contribution < -0.4 is 5.73 Å². The molecule has 1 aromatic heterocycles. The zero-order valence-corrected chi connectivity index (χ0v) is 10.8. The lowest BCUT2D eigenvalue weighted by molar-refractivity contribution is 0.329. The van der Waals surface area contributed by atoms with Crippen LogP contribution >= 0.6 is 0 Å². The quantitative estimate of drug-likeness (QED) is 0.833. The minimum absolute atomic E-state index is 0.391. The first-order valence-electron chi connectivity index (χ1n) is 6.40. The summed E-state index contributed by atoms with van der Waals surface area (Å²) in [5.74, 6) is 2.48. The Labute approximate surface area is 107 Å². The van der Waals surface area contributed by atoms with Gasteiger partial charge in [0.25, 0.3) is 0 Å². The van der Waals surface area contributed by atoms with Gasteiger partial charge in [0.1, 0.15) is 5.82 Å². The second-order valence-electron chi connectivity index (χ2n) is 5.21. The molecule has 0 aliphatic carbocycles. The molecule has 2 unspecified atom stereocenters. The molecule has 4 heteroatoms. The van der Waals surface area contributed by atoms with Gasteiger partial charge in [-0.3, -0.25) is 0 Å². The van der Waals surface area contributed by atoms with E-state index in [9.17, 15) is 0 Å². The van der Waals surface area contributed by atoms with E-state index in [2.05, 4.69) is 48.2 Å². The summed E-state index contributed by atoms with van der Waals surface area (Å²) in [5.41, 5.74) is 8.45. The molecule has 94 valence electrons. The summed E-state index contributed by atoms with van der Waals surface area (Å²) in [5, 5.41) is 4.27. The molecule has 0 saturated carbocycles. The predicted octanol–water partition coefficient (Wildman–Crippen LogP) is 2.14. The summed E-state index contributed by atoms with van der Waals surface area (Å²) in [6.07, 6.45) is 0.948. The molecule has 0 bridgehead atoms. The topological polar surface area (TPSA) is 56.7 Å². The Morgan fingerprint density at radius 3 is 2.89 bits per heavy atom. The second kappa shape index (κ2) is 4.12. The maximum Gasteiger partial charge on any atom is 0.239 e. The zero-order valence-electron chi connectivity index (χ0n) is 10.8. The van der Waals surface area contributed by atoms with Crippen LogP contribution in [0.1, 0.15) is 29.8 Å². The standard InChI is InChI=1S/C14H18N4/c1-9-5-3-4-6-11(9)12-8-18-13(7-10(12)2)16-14(15)17-18/h3-6,10,12H,7-8H2,1-2H3,(H2,15,17). The maximum atomic E-state index is 5.67. The summed E-state index contributed by atoms with van der Waals surface area (Å²) >= 11 is 0. The normalized spacial score (nSPS) is 22.8. The average Bonchev–Trinajstić information content (AvgIpc) is 2.68. The molecule has 0 amide bonds. The van der Waals surface area contributed by atoms with Crippen LogP contribution in [-0.4, -0.2) is 14.8 Å². The molecule has 0 saturated heterocycles. The third-order valence-electron chi connectivity index (χ3n) is 3.91. The van der Waals surface area contributed by atoms with Crippen LogP contribution in [0.25, 0.3) is 0 Å². The first kappa shape index (κ1) is 11.3. The lowest BCUT2D eigenvalue weighted by Gasteiger charge is -2.30. The van der Waals surface area contributed by atoms with Crippen molar-refractivity contribution in [3.8, 4) is 0 Å². The van der Waals surface area contributed by atoms with Crippen LogP contribution in [-0.2, 0) is 13.0 Å². The van der Waals surface area contributed by atoms with E-state index >= 15 is 0 Å². The van der Waals surface area contributed by atoms with Gasteiger partial charge in [-0.15, -0.1) is 5.10 Å². The second-order valence-corrected chi connectivity index (χ2v) is 5.21. The summed E-state index contributed by atoms with van der Waals surface area (Å²) in [4.78, 5) is 4.28. The van der Waals surface area contributed by atoms with Gasteiger partial charge in [-0.25, -0.2) is 4.68 Å². The number of aryl methyl sites for hydroxylation is 1. The summed E-state index contributed by atoms with van der Waals surface area (Å²) in [7, 11) is 0. The number of hydrogen-bond acceptors (Lipinski definition) is 3.